The van der Waals surface area contributed by atoms with Gasteiger partial charge in [-0.3, -0.25) is 4.79 Å². The van der Waals surface area contributed by atoms with Crippen molar-refractivity contribution in [1.29, 1.82) is 5.26 Å². The summed E-state index contributed by atoms with van der Waals surface area (Å²) in [5.41, 5.74) is 1.24. The molecule has 0 saturated carbocycles. The van der Waals surface area contributed by atoms with Gasteiger partial charge in [0, 0.05) is 0 Å². The van der Waals surface area contributed by atoms with Crippen LogP contribution in [0, 0.1) is 11.3 Å². The van der Waals surface area contributed by atoms with Crippen LogP contribution < -0.4 is 15.0 Å². The fourth-order valence-corrected chi connectivity index (χ4v) is 2.58. The lowest BCUT2D eigenvalue weighted by molar-refractivity contribution is 0.311. The van der Waals surface area contributed by atoms with Gasteiger partial charge in [-0.2, -0.15) is 5.26 Å². The third-order valence-corrected chi connectivity index (χ3v) is 3.79. The van der Waals surface area contributed by atoms with Crippen LogP contribution in [0.15, 0.2) is 47.3 Å². The van der Waals surface area contributed by atoms with Gasteiger partial charge in [0.05, 0.1) is 30.2 Å². The lowest BCUT2D eigenvalue weighted by atomic mass is 10.1. The van der Waals surface area contributed by atoms with Gasteiger partial charge in [0.25, 0.3) is 5.56 Å². The summed E-state index contributed by atoms with van der Waals surface area (Å²) >= 11 is 0. The summed E-state index contributed by atoms with van der Waals surface area (Å²) in [5, 5.41) is 10.0. The maximum absolute atomic E-state index is 12.2. The van der Waals surface area contributed by atoms with Crippen LogP contribution in [0.1, 0.15) is 18.3 Å². The largest absolute Gasteiger partial charge is 0.493 e. The number of ether oxygens (including phenoxy) is 2. The predicted molar refractivity (Wildman–Crippen MR) is 100 cm³/mol. The quantitative estimate of drug-likeness (QED) is 0.715. The van der Waals surface area contributed by atoms with E-state index in [2.05, 4.69) is 16.0 Å². The molecule has 6 heteroatoms. The highest BCUT2D eigenvalue weighted by Gasteiger charge is 2.10. The first kappa shape index (κ1) is 17.2. The summed E-state index contributed by atoms with van der Waals surface area (Å²) < 4.78 is 10.8. The molecule has 2 aromatic carbocycles. The second-order valence-electron chi connectivity index (χ2n) is 5.44. The minimum absolute atomic E-state index is 0.226. The number of rotatable bonds is 5. The van der Waals surface area contributed by atoms with E-state index in [1.807, 2.05) is 13.0 Å². The standard InChI is InChI=1S/C20H17N3O3/c1-3-26-17-9-8-13(11-18(17)25-2)10-14(12-21)19-22-16-7-5-4-6-15(16)20(24)23-19/h4-11H,3H2,1-2H3,(H,22,23,24)/b14-10-. The Hall–Kier alpha value is -3.59. The zero-order chi connectivity index (χ0) is 18.5. The highest BCUT2D eigenvalue weighted by atomic mass is 16.5. The first-order valence-corrected chi connectivity index (χ1v) is 8.08. The van der Waals surface area contributed by atoms with E-state index in [0.717, 1.165) is 5.56 Å². The highest BCUT2D eigenvalue weighted by Crippen LogP contribution is 2.29. The summed E-state index contributed by atoms with van der Waals surface area (Å²) in [6.45, 7) is 2.42. The number of nitriles is 1. The smallest absolute Gasteiger partial charge is 0.259 e. The number of benzene rings is 2. The minimum atomic E-state index is -0.281. The third kappa shape index (κ3) is 3.42. The monoisotopic (exact) mass is 347 g/mol. The van der Waals surface area contributed by atoms with Crippen molar-refractivity contribution >= 4 is 22.6 Å². The van der Waals surface area contributed by atoms with Crippen LogP contribution >= 0.6 is 0 Å². The van der Waals surface area contributed by atoms with E-state index in [4.69, 9.17) is 9.47 Å². The molecule has 26 heavy (non-hydrogen) atoms. The molecule has 1 aromatic heterocycles. The van der Waals surface area contributed by atoms with Crippen molar-refractivity contribution in [3.63, 3.8) is 0 Å². The first-order chi connectivity index (χ1) is 12.7. The maximum atomic E-state index is 12.2. The van der Waals surface area contributed by atoms with Crippen LogP contribution in [0.4, 0.5) is 0 Å². The van der Waals surface area contributed by atoms with Crippen LogP contribution in [0.5, 0.6) is 11.5 Å². The second kappa shape index (κ2) is 7.53. The number of allylic oxidation sites excluding steroid dienone is 1. The molecule has 6 nitrogen and oxygen atoms in total. The molecule has 0 aliphatic carbocycles. The Morgan fingerprint density at radius 3 is 2.81 bits per heavy atom. The van der Waals surface area contributed by atoms with Gasteiger partial charge in [0.15, 0.2) is 17.3 Å². The van der Waals surface area contributed by atoms with Gasteiger partial charge in [-0.25, -0.2) is 4.98 Å². The Kier molecular flexibility index (Phi) is 4.99. The highest BCUT2D eigenvalue weighted by molar-refractivity contribution is 5.89. The van der Waals surface area contributed by atoms with E-state index < -0.39 is 0 Å². The molecule has 1 N–H and O–H groups in total. The van der Waals surface area contributed by atoms with Gasteiger partial charge >= 0.3 is 0 Å². The number of fused-ring (bicyclic) bond motifs is 1. The topological polar surface area (TPSA) is 88.0 Å². The van der Waals surface area contributed by atoms with Crippen molar-refractivity contribution in [2.75, 3.05) is 13.7 Å². The first-order valence-electron chi connectivity index (χ1n) is 8.08. The number of methoxy groups -OCH3 is 1. The number of aromatic amines is 1. The molecule has 0 aliphatic heterocycles. The molecule has 0 saturated heterocycles. The fraction of sp³-hybridized carbons (Fsp3) is 0.150. The van der Waals surface area contributed by atoms with Crippen molar-refractivity contribution in [3.05, 3.63) is 64.2 Å². The number of hydrogen-bond acceptors (Lipinski definition) is 5. The van der Waals surface area contributed by atoms with Crippen LogP contribution in [0.25, 0.3) is 22.6 Å². The molecule has 0 unspecified atom stereocenters. The molecule has 0 spiro atoms. The Morgan fingerprint density at radius 1 is 1.27 bits per heavy atom. The molecule has 3 rings (SSSR count). The zero-order valence-corrected chi connectivity index (χ0v) is 14.4. The zero-order valence-electron chi connectivity index (χ0n) is 14.4. The van der Waals surface area contributed by atoms with Gasteiger partial charge in [0.1, 0.15) is 6.07 Å². The number of hydrogen-bond donors (Lipinski definition) is 1. The van der Waals surface area contributed by atoms with Crippen molar-refractivity contribution in [3.8, 4) is 17.6 Å². The molecular formula is C20H17N3O3. The van der Waals surface area contributed by atoms with Crippen molar-refractivity contribution < 1.29 is 9.47 Å². The predicted octanol–water partition coefficient (Wildman–Crippen LogP) is 3.39. The molecule has 0 aliphatic rings. The maximum Gasteiger partial charge on any atom is 0.259 e. The average molecular weight is 347 g/mol. The molecule has 0 radical (unpaired) electrons. The Morgan fingerprint density at radius 2 is 2.08 bits per heavy atom. The molecule has 0 bridgehead atoms. The molecule has 3 aromatic rings. The molecule has 1 heterocycles. The van der Waals surface area contributed by atoms with E-state index in [0.29, 0.717) is 29.0 Å². The van der Waals surface area contributed by atoms with E-state index in [1.54, 1.807) is 49.6 Å². The van der Waals surface area contributed by atoms with Crippen LogP contribution in [0.3, 0.4) is 0 Å². The molecular weight excluding hydrogens is 330 g/mol. The number of aromatic nitrogens is 2. The summed E-state index contributed by atoms with van der Waals surface area (Å²) in [6, 6.07) is 14.4. The second-order valence-corrected chi connectivity index (χ2v) is 5.44. The van der Waals surface area contributed by atoms with Crippen molar-refractivity contribution in [1.82, 2.24) is 9.97 Å². The van der Waals surface area contributed by atoms with E-state index in [9.17, 15) is 10.1 Å². The Balaban J connectivity index is 2.07. The SMILES string of the molecule is CCOc1ccc(/C=C(/C#N)c2nc3ccccc3c(=O)[nH]2)cc1OC. The third-order valence-electron chi connectivity index (χ3n) is 3.79. The Labute approximate surface area is 150 Å². The lowest BCUT2D eigenvalue weighted by Gasteiger charge is -2.09. The van der Waals surface area contributed by atoms with Gasteiger partial charge in [-0.15, -0.1) is 0 Å². The van der Waals surface area contributed by atoms with E-state index in [1.165, 1.54) is 0 Å². The minimum Gasteiger partial charge on any atom is -0.493 e. The summed E-state index contributed by atoms with van der Waals surface area (Å²) in [6.07, 6.45) is 1.64. The van der Waals surface area contributed by atoms with Gasteiger partial charge in [0.2, 0.25) is 0 Å². The van der Waals surface area contributed by atoms with Crippen molar-refractivity contribution in [2.24, 2.45) is 0 Å². The van der Waals surface area contributed by atoms with Crippen LogP contribution in [-0.4, -0.2) is 23.7 Å². The van der Waals surface area contributed by atoms with E-state index in [-0.39, 0.29) is 17.0 Å². The van der Waals surface area contributed by atoms with Gasteiger partial charge in [-0.1, -0.05) is 18.2 Å². The van der Waals surface area contributed by atoms with Crippen LogP contribution in [0.2, 0.25) is 0 Å². The molecule has 130 valence electrons. The average Bonchev–Trinajstić information content (AvgIpc) is 2.67. The lowest BCUT2D eigenvalue weighted by Crippen LogP contribution is -2.11. The van der Waals surface area contributed by atoms with Crippen LogP contribution in [-0.2, 0) is 0 Å². The van der Waals surface area contributed by atoms with Gasteiger partial charge < -0.3 is 14.5 Å². The van der Waals surface area contributed by atoms with Gasteiger partial charge in [-0.05, 0) is 42.8 Å². The molecule has 0 atom stereocenters. The molecule has 0 amide bonds. The normalized spacial score (nSPS) is 11.2. The number of nitrogens with one attached hydrogen (secondary N) is 1. The summed E-state index contributed by atoms with van der Waals surface area (Å²) in [7, 11) is 1.55. The Bertz CT molecular complexity index is 1080. The fourth-order valence-electron chi connectivity index (χ4n) is 2.58. The van der Waals surface area contributed by atoms with Crippen molar-refractivity contribution in [2.45, 2.75) is 6.92 Å². The summed E-state index contributed by atoms with van der Waals surface area (Å²) in [4.78, 5) is 19.3. The number of nitrogens with zero attached hydrogens (tertiary/aromatic N) is 2. The van der Waals surface area contributed by atoms with E-state index >= 15 is 0 Å². The number of para-hydroxylation sites is 1. The molecule has 0 fully saturated rings. The number of H-pyrrole nitrogens is 1. The summed E-state index contributed by atoms with van der Waals surface area (Å²) in [5.74, 6) is 1.42.